The maximum atomic E-state index is 13.9. The number of likely N-dealkylation sites (tertiary alicyclic amines) is 1. The summed E-state index contributed by atoms with van der Waals surface area (Å²) in [6.07, 6.45) is 1.77. The van der Waals surface area contributed by atoms with Crippen molar-refractivity contribution in [2.45, 2.75) is 31.7 Å². The number of halogens is 1. The lowest BCUT2D eigenvalue weighted by molar-refractivity contribution is -0.143. The van der Waals surface area contributed by atoms with Crippen LogP contribution in [0.2, 0.25) is 5.02 Å². The van der Waals surface area contributed by atoms with Gasteiger partial charge in [-0.15, -0.1) is 0 Å². The van der Waals surface area contributed by atoms with E-state index in [2.05, 4.69) is 6.92 Å². The molecule has 0 bridgehead atoms. The third kappa shape index (κ3) is 5.74. The number of carboxylic acid groups (broad SMARTS) is 1. The molecule has 0 radical (unpaired) electrons. The molecule has 40 heavy (non-hydrogen) atoms. The van der Waals surface area contributed by atoms with Gasteiger partial charge in [-0.3, -0.25) is 14.5 Å². The number of rotatable bonds is 10. The molecule has 3 unspecified atom stereocenters. The quantitative estimate of drug-likeness (QED) is 0.335. The van der Waals surface area contributed by atoms with Gasteiger partial charge < -0.3 is 24.2 Å². The maximum absolute atomic E-state index is 13.9. The van der Waals surface area contributed by atoms with Gasteiger partial charge >= 0.3 is 5.97 Å². The van der Waals surface area contributed by atoms with Crippen LogP contribution in [0.1, 0.15) is 42.9 Å². The van der Waals surface area contributed by atoms with Crippen LogP contribution in [-0.2, 0) is 9.59 Å². The number of anilines is 1. The molecule has 2 heterocycles. The van der Waals surface area contributed by atoms with Gasteiger partial charge in [-0.1, -0.05) is 43.1 Å². The first-order valence-electron chi connectivity index (χ1n) is 13.5. The van der Waals surface area contributed by atoms with E-state index in [0.29, 0.717) is 35.4 Å². The Kier molecular flexibility index (Phi) is 8.47. The Balaban J connectivity index is 1.50. The number of fused-ring (bicyclic) bond motifs is 1. The van der Waals surface area contributed by atoms with Gasteiger partial charge in [0.15, 0.2) is 11.5 Å². The SMILES string of the molecule is CCCCN(C(=O)CN1CC(c2ccc3c(c2)OCO3)C(C(=O)O)C1c1ccc(OC)cc1)c1ccc(Cl)cc1. The fraction of sp³-hybridized carbons (Fsp3) is 0.355. The highest BCUT2D eigenvalue weighted by atomic mass is 35.5. The Bertz CT molecular complexity index is 1350. The van der Waals surface area contributed by atoms with Crippen molar-refractivity contribution in [1.29, 1.82) is 0 Å². The zero-order chi connectivity index (χ0) is 28.2. The van der Waals surface area contributed by atoms with Crippen LogP contribution in [0.4, 0.5) is 5.69 Å². The summed E-state index contributed by atoms with van der Waals surface area (Å²) in [4.78, 5) is 30.5. The molecule has 8 nitrogen and oxygen atoms in total. The Hall–Kier alpha value is -3.75. The second-order valence-corrected chi connectivity index (χ2v) is 10.5. The van der Waals surface area contributed by atoms with Gasteiger partial charge in [0.05, 0.1) is 19.6 Å². The second kappa shape index (κ2) is 12.2. The third-order valence-electron chi connectivity index (χ3n) is 7.68. The predicted molar refractivity (Wildman–Crippen MR) is 152 cm³/mol. The van der Waals surface area contributed by atoms with Gasteiger partial charge in [0.1, 0.15) is 5.75 Å². The summed E-state index contributed by atoms with van der Waals surface area (Å²) in [5.41, 5.74) is 2.42. The number of nitrogens with zero attached hydrogens (tertiary/aromatic N) is 2. The van der Waals surface area contributed by atoms with Crippen molar-refractivity contribution in [1.82, 2.24) is 4.90 Å². The summed E-state index contributed by atoms with van der Waals surface area (Å²) in [5, 5.41) is 11.1. The van der Waals surface area contributed by atoms with Crippen molar-refractivity contribution >= 4 is 29.2 Å². The van der Waals surface area contributed by atoms with Gasteiger partial charge in [0.2, 0.25) is 12.7 Å². The highest BCUT2D eigenvalue weighted by Gasteiger charge is 2.48. The summed E-state index contributed by atoms with van der Waals surface area (Å²) in [7, 11) is 1.59. The number of methoxy groups -OCH3 is 1. The topological polar surface area (TPSA) is 88.5 Å². The highest BCUT2D eigenvalue weighted by molar-refractivity contribution is 6.30. The zero-order valence-corrected chi connectivity index (χ0v) is 23.3. The van der Waals surface area contributed by atoms with Gasteiger partial charge in [0.25, 0.3) is 0 Å². The van der Waals surface area contributed by atoms with Gasteiger partial charge in [-0.05, 0) is 66.1 Å². The molecule has 3 aromatic carbocycles. The van der Waals surface area contributed by atoms with E-state index in [0.717, 1.165) is 29.7 Å². The fourth-order valence-electron chi connectivity index (χ4n) is 5.67. The van der Waals surface area contributed by atoms with Crippen LogP contribution in [0.25, 0.3) is 0 Å². The molecule has 9 heteroatoms. The van der Waals surface area contributed by atoms with Crippen LogP contribution in [-0.4, -0.2) is 55.4 Å². The molecule has 210 valence electrons. The van der Waals surface area contributed by atoms with Crippen molar-refractivity contribution in [3.05, 3.63) is 82.9 Å². The number of carboxylic acids is 1. The van der Waals surface area contributed by atoms with E-state index < -0.39 is 17.9 Å². The van der Waals surface area contributed by atoms with E-state index in [1.807, 2.05) is 59.5 Å². The van der Waals surface area contributed by atoms with Crippen molar-refractivity contribution in [3.8, 4) is 17.2 Å². The van der Waals surface area contributed by atoms with Crippen LogP contribution in [0, 0.1) is 5.92 Å². The molecule has 1 amide bonds. The lowest BCUT2D eigenvalue weighted by Crippen LogP contribution is -2.41. The third-order valence-corrected chi connectivity index (χ3v) is 7.93. The average molecular weight is 565 g/mol. The van der Waals surface area contributed by atoms with Gasteiger partial charge in [0, 0.05) is 35.8 Å². The number of hydrogen-bond donors (Lipinski definition) is 1. The molecule has 2 aliphatic rings. The number of benzene rings is 3. The van der Waals surface area contributed by atoms with E-state index in [1.165, 1.54) is 0 Å². The van der Waals surface area contributed by atoms with Crippen molar-refractivity contribution < 1.29 is 28.9 Å². The minimum absolute atomic E-state index is 0.0634. The molecular weight excluding hydrogens is 532 g/mol. The number of unbranched alkanes of at least 4 members (excludes halogenated alkanes) is 1. The monoisotopic (exact) mass is 564 g/mol. The average Bonchev–Trinajstić information content (AvgIpc) is 3.58. The maximum Gasteiger partial charge on any atom is 0.309 e. The number of carbonyl (C=O) groups is 2. The van der Waals surface area contributed by atoms with E-state index in [9.17, 15) is 14.7 Å². The molecular formula is C31H33ClN2O6. The normalized spacial score (nSPS) is 19.9. The zero-order valence-electron chi connectivity index (χ0n) is 22.6. The molecule has 0 aliphatic carbocycles. The Morgan fingerprint density at radius 2 is 1.73 bits per heavy atom. The second-order valence-electron chi connectivity index (χ2n) is 10.1. The Labute approximate surface area is 239 Å². The number of amides is 1. The highest BCUT2D eigenvalue weighted by Crippen LogP contribution is 2.48. The molecule has 5 rings (SSSR count). The summed E-state index contributed by atoms with van der Waals surface area (Å²) in [5.74, 6) is -0.249. The smallest absolute Gasteiger partial charge is 0.309 e. The van der Waals surface area contributed by atoms with Gasteiger partial charge in [-0.25, -0.2) is 0 Å². The Morgan fingerprint density at radius 3 is 2.40 bits per heavy atom. The number of aliphatic carboxylic acids is 1. The minimum Gasteiger partial charge on any atom is -0.497 e. The number of ether oxygens (including phenoxy) is 3. The largest absolute Gasteiger partial charge is 0.497 e. The minimum atomic E-state index is -0.918. The number of carbonyl (C=O) groups excluding carboxylic acids is 1. The first-order valence-corrected chi connectivity index (χ1v) is 13.8. The van der Waals surface area contributed by atoms with Gasteiger partial charge in [-0.2, -0.15) is 0 Å². The molecule has 0 aromatic heterocycles. The van der Waals surface area contributed by atoms with Crippen LogP contribution in [0.15, 0.2) is 66.7 Å². The summed E-state index contributed by atoms with van der Waals surface area (Å²) in [6.45, 7) is 3.23. The standard InChI is InChI=1S/C31H33ClN2O6/c1-3-4-15-34(23-10-8-22(32)9-11-23)28(35)18-33-17-25(21-7-14-26-27(16-21)40-19-39-26)29(31(36)37)30(33)20-5-12-24(38-2)13-6-20/h5-14,16,25,29-30H,3-4,15,17-19H2,1-2H3,(H,36,37). The van der Waals surface area contributed by atoms with E-state index in [-0.39, 0.29) is 25.2 Å². The summed E-state index contributed by atoms with van der Waals surface area (Å²) in [6, 6.07) is 19.7. The van der Waals surface area contributed by atoms with E-state index in [4.69, 9.17) is 25.8 Å². The van der Waals surface area contributed by atoms with E-state index >= 15 is 0 Å². The van der Waals surface area contributed by atoms with Crippen LogP contribution in [0.5, 0.6) is 17.2 Å². The molecule has 0 saturated carbocycles. The molecule has 0 spiro atoms. The molecule has 3 atom stereocenters. The number of hydrogen-bond acceptors (Lipinski definition) is 6. The summed E-state index contributed by atoms with van der Waals surface area (Å²) >= 11 is 6.11. The first-order chi connectivity index (χ1) is 19.4. The Morgan fingerprint density at radius 1 is 1.02 bits per heavy atom. The predicted octanol–water partition coefficient (Wildman–Crippen LogP) is 5.75. The molecule has 1 fully saturated rings. The van der Waals surface area contributed by atoms with Crippen molar-refractivity contribution in [3.63, 3.8) is 0 Å². The van der Waals surface area contributed by atoms with E-state index in [1.54, 1.807) is 24.1 Å². The molecule has 2 aliphatic heterocycles. The van der Waals surface area contributed by atoms with Crippen LogP contribution >= 0.6 is 11.6 Å². The molecule has 1 N–H and O–H groups in total. The fourth-order valence-corrected chi connectivity index (χ4v) is 5.79. The lowest BCUT2D eigenvalue weighted by atomic mass is 9.82. The van der Waals surface area contributed by atoms with Crippen molar-refractivity contribution in [2.75, 3.05) is 38.4 Å². The van der Waals surface area contributed by atoms with Crippen molar-refractivity contribution in [2.24, 2.45) is 5.92 Å². The molecule has 3 aromatic rings. The lowest BCUT2D eigenvalue weighted by Gasteiger charge is -2.30. The first kappa shape index (κ1) is 27.8. The summed E-state index contributed by atoms with van der Waals surface area (Å²) < 4.78 is 16.4. The molecule has 1 saturated heterocycles. The van der Waals surface area contributed by atoms with Crippen LogP contribution < -0.4 is 19.1 Å². The van der Waals surface area contributed by atoms with Crippen LogP contribution in [0.3, 0.4) is 0 Å².